The molecule has 162 valence electrons. The summed E-state index contributed by atoms with van der Waals surface area (Å²) in [5, 5.41) is 0.276. The number of hydrogen-bond donors (Lipinski definition) is 1. The van der Waals surface area contributed by atoms with Crippen LogP contribution >= 0.6 is 23.2 Å². The minimum atomic E-state index is -3.96. The van der Waals surface area contributed by atoms with E-state index in [0.29, 0.717) is 12.1 Å². The molecular formula is C20H22Cl2N2O5S. The SMILES string of the molecule is CCN(CC(C)C(=O)OC)C(=O)c1ccc(NS(=O)(=O)c2cc(Cl)ccc2Cl)cc1. The molecule has 0 radical (unpaired) electrons. The highest BCUT2D eigenvalue weighted by Gasteiger charge is 2.22. The molecule has 0 aliphatic carbocycles. The van der Waals surface area contributed by atoms with Gasteiger partial charge in [0.1, 0.15) is 4.90 Å². The van der Waals surface area contributed by atoms with Gasteiger partial charge in [-0.2, -0.15) is 0 Å². The van der Waals surface area contributed by atoms with Crippen molar-refractivity contribution < 1.29 is 22.7 Å². The zero-order chi connectivity index (χ0) is 22.5. The molecule has 0 aromatic heterocycles. The van der Waals surface area contributed by atoms with Gasteiger partial charge in [0, 0.05) is 29.4 Å². The second-order valence-electron chi connectivity index (χ2n) is 6.53. The molecule has 1 N–H and O–H groups in total. The van der Waals surface area contributed by atoms with Crippen molar-refractivity contribution in [2.45, 2.75) is 18.7 Å². The number of esters is 1. The van der Waals surface area contributed by atoms with E-state index in [1.165, 1.54) is 54.5 Å². The van der Waals surface area contributed by atoms with E-state index < -0.39 is 21.9 Å². The summed E-state index contributed by atoms with van der Waals surface area (Å²) in [6, 6.07) is 10.1. The van der Waals surface area contributed by atoms with Gasteiger partial charge in [-0.1, -0.05) is 30.1 Å². The maximum atomic E-state index is 12.7. The Hall–Kier alpha value is -2.29. The number of sulfonamides is 1. The number of amides is 1. The van der Waals surface area contributed by atoms with Crippen LogP contribution in [0.15, 0.2) is 47.4 Å². The number of methoxy groups -OCH3 is 1. The zero-order valence-electron chi connectivity index (χ0n) is 16.7. The van der Waals surface area contributed by atoms with Crippen molar-refractivity contribution in [3.8, 4) is 0 Å². The van der Waals surface area contributed by atoms with Crippen molar-refractivity contribution in [2.75, 3.05) is 24.9 Å². The lowest BCUT2D eigenvalue weighted by atomic mass is 10.1. The predicted octanol–water partition coefficient (Wildman–Crippen LogP) is 4.07. The van der Waals surface area contributed by atoms with Crippen molar-refractivity contribution in [3.05, 3.63) is 58.1 Å². The van der Waals surface area contributed by atoms with Crippen LogP contribution in [-0.4, -0.2) is 45.4 Å². The standard InChI is InChI=1S/C20H22Cl2N2O5S/c1-4-24(12-13(2)20(26)29-3)19(25)14-5-8-16(9-6-14)23-30(27,28)18-11-15(21)7-10-17(18)22/h5-11,13,23H,4,12H2,1-3H3. The third-order valence-corrected chi connectivity index (χ3v) is 6.43. The van der Waals surface area contributed by atoms with Crippen molar-refractivity contribution >= 4 is 50.8 Å². The Morgan fingerprint density at radius 3 is 2.33 bits per heavy atom. The van der Waals surface area contributed by atoms with Crippen LogP contribution in [0, 0.1) is 5.92 Å². The molecule has 0 fully saturated rings. The lowest BCUT2D eigenvalue weighted by Crippen LogP contribution is -2.37. The topological polar surface area (TPSA) is 92.8 Å². The van der Waals surface area contributed by atoms with E-state index in [1.807, 2.05) is 0 Å². The number of ether oxygens (including phenoxy) is 1. The van der Waals surface area contributed by atoms with Crippen molar-refractivity contribution in [2.24, 2.45) is 5.92 Å². The normalized spacial score (nSPS) is 12.2. The Labute approximate surface area is 186 Å². The number of rotatable bonds is 8. The first-order valence-electron chi connectivity index (χ1n) is 9.04. The molecule has 2 aromatic carbocycles. The summed E-state index contributed by atoms with van der Waals surface area (Å²) < 4.78 is 32.3. The van der Waals surface area contributed by atoms with Crippen molar-refractivity contribution in [3.63, 3.8) is 0 Å². The van der Waals surface area contributed by atoms with Crippen LogP contribution in [0.3, 0.4) is 0 Å². The Kier molecular flexibility index (Phi) is 8.11. The van der Waals surface area contributed by atoms with Gasteiger partial charge in [-0.3, -0.25) is 14.3 Å². The van der Waals surface area contributed by atoms with E-state index >= 15 is 0 Å². The molecule has 2 aromatic rings. The zero-order valence-corrected chi connectivity index (χ0v) is 19.0. The van der Waals surface area contributed by atoms with Gasteiger partial charge in [0.05, 0.1) is 18.1 Å². The fourth-order valence-electron chi connectivity index (χ4n) is 2.72. The summed E-state index contributed by atoms with van der Waals surface area (Å²) in [6.45, 7) is 4.10. The van der Waals surface area contributed by atoms with Crippen molar-refractivity contribution in [1.29, 1.82) is 0 Å². The maximum Gasteiger partial charge on any atom is 0.310 e. The smallest absolute Gasteiger partial charge is 0.310 e. The molecule has 0 saturated carbocycles. The molecule has 1 atom stereocenters. The summed E-state index contributed by atoms with van der Waals surface area (Å²) in [4.78, 5) is 25.7. The van der Waals surface area contributed by atoms with E-state index in [2.05, 4.69) is 4.72 Å². The molecule has 7 nitrogen and oxygen atoms in total. The molecule has 1 unspecified atom stereocenters. The monoisotopic (exact) mass is 472 g/mol. The van der Waals surface area contributed by atoms with Gasteiger partial charge >= 0.3 is 5.97 Å². The molecule has 2 rings (SSSR count). The quantitative estimate of drug-likeness (QED) is 0.584. The van der Waals surface area contributed by atoms with Gasteiger partial charge in [-0.25, -0.2) is 8.42 Å². The van der Waals surface area contributed by atoms with E-state index in [-0.39, 0.29) is 33.1 Å². The highest BCUT2D eigenvalue weighted by Crippen LogP contribution is 2.27. The van der Waals surface area contributed by atoms with Crippen LogP contribution < -0.4 is 4.72 Å². The van der Waals surface area contributed by atoms with Gasteiger partial charge in [-0.05, 0) is 49.4 Å². The van der Waals surface area contributed by atoms with E-state index in [1.54, 1.807) is 13.8 Å². The second kappa shape index (κ2) is 10.1. The Morgan fingerprint density at radius 2 is 1.77 bits per heavy atom. The van der Waals surface area contributed by atoms with Crippen LogP contribution in [0.4, 0.5) is 5.69 Å². The van der Waals surface area contributed by atoms with Crippen LogP contribution in [-0.2, 0) is 19.6 Å². The number of anilines is 1. The van der Waals surface area contributed by atoms with Crippen LogP contribution in [0.2, 0.25) is 10.0 Å². The molecule has 0 aliphatic heterocycles. The number of nitrogens with one attached hydrogen (secondary N) is 1. The molecule has 30 heavy (non-hydrogen) atoms. The van der Waals surface area contributed by atoms with Gasteiger partial charge in [0.2, 0.25) is 0 Å². The average molecular weight is 473 g/mol. The Morgan fingerprint density at radius 1 is 1.13 bits per heavy atom. The molecule has 0 spiro atoms. The first-order valence-corrected chi connectivity index (χ1v) is 11.3. The van der Waals surface area contributed by atoms with Crippen LogP contribution in [0.1, 0.15) is 24.2 Å². The third kappa shape index (κ3) is 5.87. The number of benzene rings is 2. The molecular weight excluding hydrogens is 451 g/mol. The third-order valence-electron chi connectivity index (χ3n) is 4.33. The number of halogens is 2. The molecule has 10 heteroatoms. The first-order chi connectivity index (χ1) is 14.1. The summed E-state index contributed by atoms with van der Waals surface area (Å²) in [5.41, 5.74) is 0.617. The minimum absolute atomic E-state index is 0.0389. The summed E-state index contributed by atoms with van der Waals surface area (Å²) >= 11 is 11.8. The van der Waals surface area contributed by atoms with Gasteiger partial charge in [-0.15, -0.1) is 0 Å². The second-order valence-corrected chi connectivity index (χ2v) is 9.02. The number of hydrogen-bond acceptors (Lipinski definition) is 5. The lowest BCUT2D eigenvalue weighted by molar-refractivity contribution is -0.145. The number of carbonyl (C=O) groups is 2. The van der Waals surface area contributed by atoms with Crippen molar-refractivity contribution in [1.82, 2.24) is 4.90 Å². The lowest BCUT2D eigenvalue weighted by Gasteiger charge is -2.23. The van der Waals surface area contributed by atoms with Crippen LogP contribution in [0.5, 0.6) is 0 Å². The van der Waals surface area contributed by atoms with Gasteiger partial charge < -0.3 is 9.64 Å². The highest BCUT2D eigenvalue weighted by atomic mass is 35.5. The minimum Gasteiger partial charge on any atom is -0.469 e. The number of carbonyl (C=O) groups excluding carboxylic acids is 2. The van der Waals surface area contributed by atoms with E-state index in [9.17, 15) is 18.0 Å². The Bertz CT molecular complexity index is 1030. The molecule has 0 saturated heterocycles. The molecule has 0 aliphatic rings. The fourth-order valence-corrected chi connectivity index (χ4v) is 4.54. The summed E-state index contributed by atoms with van der Waals surface area (Å²) in [7, 11) is -2.66. The summed E-state index contributed by atoms with van der Waals surface area (Å²) in [5.74, 6) is -1.14. The molecule has 0 heterocycles. The van der Waals surface area contributed by atoms with E-state index in [0.717, 1.165) is 0 Å². The van der Waals surface area contributed by atoms with E-state index in [4.69, 9.17) is 27.9 Å². The largest absolute Gasteiger partial charge is 0.469 e. The van der Waals surface area contributed by atoms with Crippen LogP contribution in [0.25, 0.3) is 0 Å². The first kappa shape index (κ1) is 24.0. The van der Waals surface area contributed by atoms with Gasteiger partial charge in [0.25, 0.3) is 15.9 Å². The highest BCUT2D eigenvalue weighted by molar-refractivity contribution is 7.92. The number of nitrogens with zero attached hydrogens (tertiary/aromatic N) is 1. The molecule has 0 bridgehead atoms. The summed E-state index contributed by atoms with van der Waals surface area (Å²) in [6.07, 6.45) is 0. The fraction of sp³-hybridized carbons (Fsp3) is 0.300. The predicted molar refractivity (Wildman–Crippen MR) is 116 cm³/mol. The maximum absolute atomic E-state index is 12.7. The van der Waals surface area contributed by atoms with Gasteiger partial charge in [0.15, 0.2) is 0 Å². The molecule has 1 amide bonds. The average Bonchev–Trinajstić information content (AvgIpc) is 2.72. The Balaban J connectivity index is 2.16.